The van der Waals surface area contributed by atoms with Crippen LogP contribution >= 0.6 is 0 Å². The van der Waals surface area contributed by atoms with E-state index in [-0.39, 0.29) is 5.41 Å². The van der Waals surface area contributed by atoms with Gasteiger partial charge in [0.15, 0.2) is 0 Å². The number of rotatable bonds is 4. The molecule has 3 nitrogen and oxygen atoms in total. The molecule has 0 saturated carbocycles. The first-order valence-electron chi connectivity index (χ1n) is 19.2. The molecule has 0 aliphatic carbocycles. The number of nitrogens with zero attached hydrogens (tertiary/aromatic N) is 3. The van der Waals surface area contributed by atoms with E-state index >= 15 is 0 Å². The molecule has 11 rings (SSSR count). The third-order valence-corrected chi connectivity index (χ3v) is 11.6. The summed E-state index contributed by atoms with van der Waals surface area (Å²) in [5.74, 6) is 0. The Hall–Kier alpha value is -6.84. The van der Waals surface area contributed by atoms with Gasteiger partial charge in [-0.3, -0.25) is 0 Å². The van der Waals surface area contributed by atoms with Crippen LogP contribution in [0.15, 0.2) is 182 Å². The highest BCUT2D eigenvalue weighted by molar-refractivity contribution is 6.14. The summed E-state index contributed by atoms with van der Waals surface area (Å²) in [6.45, 7) is 6.81. The molecule has 0 bridgehead atoms. The second-order valence-corrected chi connectivity index (χ2v) is 15.9. The Morgan fingerprint density at radius 2 is 0.691 bits per heavy atom. The summed E-state index contributed by atoms with van der Waals surface area (Å²) >= 11 is 0. The van der Waals surface area contributed by atoms with Crippen molar-refractivity contribution < 1.29 is 0 Å². The Bertz CT molecular complexity index is 3270. The predicted molar refractivity (Wildman–Crippen MR) is 234 cm³/mol. The van der Waals surface area contributed by atoms with Crippen molar-refractivity contribution in [1.82, 2.24) is 13.7 Å². The molecule has 3 heteroatoms. The molecular formula is C52H39N3. The van der Waals surface area contributed by atoms with Gasteiger partial charge in [-0.2, -0.15) is 0 Å². The third kappa shape index (κ3) is 4.83. The molecule has 262 valence electrons. The Labute approximate surface area is 319 Å². The van der Waals surface area contributed by atoms with Gasteiger partial charge in [0.05, 0.1) is 33.1 Å². The van der Waals surface area contributed by atoms with E-state index in [0.717, 1.165) is 5.69 Å². The summed E-state index contributed by atoms with van der Waals surface area (Å²) in [7, 11) is 0. The zero-order valence-electron chi connectivity index (χ0n) is 31.2. The van der Waals surface area contributed by atoms with Crippen molar-refractivity contribution in [3.05, 3.63) is 188 Å². The largest absolute Gasteiger partial charge is 0.309 e. The van der Waals surface area contributed by atoms with E-state index in [2.05, 4.69) is 216 Å². The van der Waals surface area contributed by atoms with Gasteiger partial charge in [0.2, 0.25) is 0 Å². The number of para-hydroxylation sites is 4. The molecule has 0 unspecified atom stereocenters. The van der Waals surface area contributed by atoms with Gasteiger partial charge in [0, 0.05) is 49.4 Å². The number of hydrogen-bond acceptors (Lipinski definition) is 0. The Morgan fingerprint density at radius 3 is 1.24 bits per heavy atom. The molecule has 0 N–H and O–H groups in total. The van der Waals surface area contributed by atoms with Gasteiger partial charge in [-0.25, -0.2) is 0 Å². The molecular weight excluding hydrogens is 667 g/mol. The zero-order chi connectivity index (χ0) is 36.8. The number of fused-ring (bicyclic) bond motifs is 9. The second kappa shape index (κ2) is 11.8. The smallest absolute Gasteiger partial charge is 0.0547 e. The van der Waals surface area contributed by atoms with Crippen molar-refractivity contribution in [2.24, 2.45) is 0 Å². The fraction of sp³-hybridized carbons (Fsp3) is 0.0769. The van der Waals surface area contributed by atoms with Crippen LogP contribution in [-0.2, 0) is 5.41 Å². The van der Waals surface area contributed by atoms with Crippen LogP contribution in [0, 0.1) is 0 Å². The van der Waals surface area contributed by atoms with Gasteiger partial charge < -0.3 is 13.7 Å². The van der Waals surface area contributed by atoms with Gasteiger partial charge in [0.25, 0.3) is 0 Å². The molecule has 0 saturated heterocycles. The van der Waals surface area contributed by atoms with E-state index in [9.17, 15) is 0 Å². The monoisotopic (exact) mass is 705 g/mol. The lowest BCUT2D eigenvalue weighted by molar-refractivity contribution is 0.590. The Balaban J connectivity index is 1.11. The van der Waals surface area contributed by atoms with Gasteiger partial charge in [-0.15, -0.1) is 0 Å². The molecule has 0 aliphatic rings. The van der Waals surface area contributed by atoms with E-state index in [1.54, 1.807) is 0 Å². The maximum absolute atomic E-state index is 2.45. The Morgan fingerprint density at radius 1 is 0.291 bits per heavy atom. The molecule has 0 radical (unpaired) electrons. The summed E-state index contributed by atoms with van der Waals surface area (Å²) in [5, 5.41) is 7.53. The second-order valence-electron chi connectivity index (χ2n) is 15.9. The van der Waals surface area contributed by atoms with Gasteiger partial charge in [-0.1, -0.05) is 130 Å². The summed E-state index contributed by atoms with van der Waals surface area (Å²) in [4.78, 5) is 0. The average molecular weight is 706 g/mol. The van der Waals surface area contributed by atoms with Gasteiger partial charge >= 0.3 is 0 Å². The highest BCUT2D eigenvalue weighted by Crippen LogP contribution is 2.40. The molecule has 3 heterocycles. The van der Waals surface area contributed by atoms with Crippen molar-refractivity contribution in [2.45, 2.75) is 26.2 Å². The molecule has 0 fully saturated rings. The van der Waals surface area contributed by atoms with E-state index in [1.807, 2.05) is 0 Å². The Kier molecular flexibility index (Phi) is 6.81. The first-order valence-corrected chi connectivity index (χ1v) is 19.2. The van der Waals surface area contributed by atoms with E-state index in [4.69, 9.17) is 0 Å². The van der Waals surface area contributed by atoms with Crippen LogP contribution in [0.1, 0.15) is 26.3 Å². The lowest BCUT2D eigenvalue weighted by Crippen LogP contribution is -2.10. The van der Waals surface area contributed by atoms with Crippen LogP contribution in [0.4, 0.5) is 0 Å². The fourth-order valence-electron chi connectivity index (χ4n) is 8.92. The number of hydrogen-bond donors (Lipinski definition) is 0. The number of aromatic nitrogens is 3. The minimum atomic E-state index is 0.0976. The maximum atomic E-state index is 2.45. The standard InChI is InChI=1S/C52H39N3/c1-52(2,3)36-23-25-38(26-24-36)54-46-18-10-7-15-40(46)43-28-21-34(31-50(43)54)35-22-29-44-41-16-8-11-19-47(41)55(51(44)32-35)39-27-30-49-45(33-39)42-17-9-12-20-48(42)53(49)37-13-5-4-6-14-37/h4-33H,1-3H3. The quantitative estimate of drug-likeness (QED) is 0.173. The van der Waals surface area contributed by atoms with Crippen LogP contribution in [0.3, 0.4) is 0 Å². The van der Waals surface area contributed by atoms with Crippen LogP contribution in [-0.4, -0.2) is 13.7 Å². The molecule has 11 aromatic rings. The minimum Gasteiger partial charge on any atom is -0.309 e. The molecule has 55 heavy (non-hydrogen) atoms. The summed E-state index contributed by atoms with van der Waals surface area (Å²) in [5.41, 5.74) is 14.6. The highest BCUT2D eigenvalue weighted by atomic mass is 15.0. The van der Waals surface area contributed by atoms with E-state index in [1.165, 1.54) is 93.5 Å². The lowest BCUT2D eigenvalue weighted by atomic mass is 9.87. The minimum absolute atomic E-state index is 0.0976. The SMILES string of the molecule is CC(C)(C)c1ccc(-n2c3ccccc3c3ccc(-c4ccc5c6ccccc6n(-c6ccc7c(c6)c6ccccc6n7-c6ccccc6)c5c4)cc32)cc1. The lowest BCUT2D eigenvalue weighted by Gasteiger charge is -2.19. The molecule has 8 aromatic carbocycles. The number of benzene rings is 8. The zero-order valence-corrected chi connectivity index (χ0v) is 31.2. The van der Waals surface area contributed by atoms with Crippen molar-refractivity contribution in [1.29, 1.82) is 0 Å². The van der Waals surface area contributed by atoms with Crippen LogP contribution in [0.25, 0.3) is 93.6 Å². The normalized spacial score (nSPS) is 12.3. The van der Waals surface area contributed by atoms with E-state index in [0.29, 0.717) is 0 Å². The molecule has 0 atom stereocenters. The van der Waals surface area contributed by atoms with Crippen molar-refractivity contribution in [3.63, 3.8) is 0 Å². The summed E-state index contributed by atoms with van der Waals surface area (Å²) in [6.07, 6.45) is 0. The summed E-state index contributed by atoms with van der Waals surface area (Å²) < 4.78 is 7.26. The molecule has 0 aliphatic heterocycles. The fourth-order valence-corrected chi connectivity index (χ4v) is 8.92. The van der Waals surface area contributed by atoms with E-state index < -0.39 is 0 Å². The predicted octanol–water partition coefficient (Wildman–Crippen LogP) is 13.9. The van der Waals surface area contributed by atoms with Crippen molar-refractivity contribution >= 4 is 65.4 Å². The highest BCUT2D eigenvalue weighted by Gasteiger charge is 2.19. The molecule has 0 spiro atoms. The van der Waals surface area contributed by atoms with Crippen LogP contribution in [0.2, 0.25) is 0 Å². The van der Waals surface area contributed by atoms with Crippen LogP contribution in [0.5, 0.6) is 0 Å². The average Bonchev–Trinajstić information content (AvgIpc) is 3.86. The van der Waals surface area contributed by atoms with Crippen LogP contribution < -0.4 is 0 Å². The maximum Gasteiger partial charge on any atom is 0.0547 e. The first kappa shape index (κ1) is 31.7. The molecule has 0 amide bonds. The van der Waals surface area contributed by atoms with Gasteiger partial charge in [0.1, 0.15) is 0 Å². The topological polar surface area (TPSA) is 14.8 Å². The van der Waals surface area contributed by atoms with Gasteiger partial charge in [-0.05, 0) is 94.9 Å². The molecule has 3 aromatic heterocycles. The third-order valence-electron chi connectivity index (χ3n) is 11.6. The first-order chi connectivity index (χ1) is 26.9. The van der Waals surface area contributed by atoms with Crippen molar-refractivity contribution in [3.8, 4) is 28.2 Å². The summed E-state index contributed by atoms with van der Waals surface area (Å²) in [6, 6.07) is 67.1. The van der Waals surface area contributed by atoms with Crippen molar-refractivity contribution in [2.75, 3.05) is 0 Å².